The Kier molecular flexibility index (Phi) is 3.07. The van der Waals surface area contributed by atoms with E-state index in [0.717, 1.165) is 12.5 Å². The Morgan fingerprint density at radius 2 is 2.24 bits per heavy atom. The molecule has 2 N–H and O–H groups in total. The van der Waals surface area contributed by atoms with Crippen LogP contribution in [0, 0.1) is 0 Å². The van der Waals surface area contributed by atoms with Crippen LogP contribution in [-0.2, 0) is 16.6 Å². The standard InChI is InChI=1S/C9H9N3O4S/c13-7-2-1-3-8(4-7)17(14,15)11-5-9-10-6-16-12-9/h1-4,6,11,13H,5H2. The van der Waals surface area contributed by atoms with Gasteiger partial charge in [-0.05, 0) is 18.2 Å². The average Bonchev–Trinajstić information content (AvgIpc) is 2.79. The highest BCUT2D eigenvalue weighted by Crippen LogP contribution is 2.15. The van der Waals surface area contributed by atoms with Crippen LogP contribution < -0.4 is 4.72 Å². The zero-order valence-corrected chi connectivity index (χ0v) is 9.38. The third-order valence-corrected chi connectivity index (χ3v) is 3.35. The Morgan fingerprint density at radius 1 is 1.41 bits per heavy atom. The minimum atomic E-state index is -3.69. The number of aromatic nitrogens is 2. The van der Waals surface area contributed by atoms with Crippen molar-refractivity contribution < 1.29 is 18.0 Å². The van der Waals surface area contributed by atoms with Crippen molar-refractivity contribution in [2.45, 2.75) is 11.4 Å². The lowest BCUT2D eigenvalue weighted by Gasteiger charge is -2.04. The van der Waals surface area contributed by atoms with Crippen LogP contribution in [0.25, 0.3) is 0 Å². The van der Waals surface area contributed by atoms with Crippen LogP contribution in [0.4, 0.5) is 0 Å². The van der Waals surface area contributed by atoms with Crippen molar-refractivity contribution in [1.29, 1.82) is 0 Å². The van der Waals surface area contributed by atoms with Crippen molar-refractivity contribution in [2.24, 2.45) is 0 Å². The summed E-state index contributed by atoms with van der Waals surface area (Å²) in [6, 6.07) is 5.35. The van der Waals surface area contributed by atoms with E-state index in [1.54, 1.807) is 0 Å². The largest absolute Gasteiger partial charge is 0.508 e. The zero-order valence-electron chi connectivity index (χ0n) is 8.57. The van der Waals surface area contributed by atoms with Gasteiger partial charge >= 0.3 is 0 Å². The minimum absolute atomic E-state index is 0.0269. The van der Waals surface area contributed by atoms with E-state index in [-0.39, 0.29) is 23.0 Å². The summed E-state index contributed by atoms with van der Waals surface area (Å²) in [4.78, 5) is 3.65. The molecule has 0 aliphatic heterocycles. The van der Waals surface area contributed by atoms with Gasteiger partial charge in [0.05, 0.1) is 11.4 Å². The number of sulfonamides is 1. The number of aromatic hydroxyl groups is 1. The number of phenolic OH excluding ortho intramolecular Hbond substituents is 1. The first-order valence-electron chi connectivity index (χ1n) is 4.62. The van der Waals surface area contributed by atoms with Gasteiger partial charge in [-0.2, -0.15) is 4.98 Å². The molecule has 7 nitrogen and oxygen atoms in total. The molecule has 2 rings (SSSR count). The van der Waals surface area contributed by atoms with Gasteiger partial charge < -0.3 is 9.63 Å². The Morgan fingerprint density at radius 3 is 2.88 bits per heavy atom. The maximum Gasteiger partial charge on any atom is 0.241 e. The molecule has 0 saturated carbocycles. The van der Waals surface area contributed by atoms with Crippen molar-refractivity contribution in [3.63, 3.8) is 0 Å². The number of hydrogen-bond donors (Lipinski definition) is 2. The quantitative estimate of drug-likeness (QED) is 0.811. The monoisotopic (exact) mass is 255 g/mol. The SMILES string of the molecule is O=S(=O)(NCc1ncon1)c1cccc(O)c1. The Bertz CT molecular complexity index is 594. The molecule has 0 aliphatic carbocycles. The van der Waals surface area contributed by atoms with Gasteiger partial charge in [0.1, 0.15) is 5.75 Å². The van der Waals surface area contributed by atoms with E-state index in [2.05, 4.69) is 19.4 Å². The number of benzene rings is 1. The molecule has 1 heterocycles. The van der Waals surface area contributed by atoms with E-state index in [1.165, 1.54) is 18.2 Å². The summed E-state index contributed by atoms with van der Waals surface area (Å²) in [7, 11) is -3.69. The van der Waals surface area contributed by atoms with Crippen LogP contribution >= 0.6 is 0 Å². The van der Waals surface area contributed by atoms with Crippen LogP contribution in [-0.4, -0.2) is 23.7 Å². The van der Waals surface area contributed by atoms with Gasteiger partial charge in [-0.15, -0.1) is 0 Å². The van der Waals surface area contributed by atoms with Crippen LogP contribution in [0.5, 0.6) is 5.75 Å². The van der Waals surface area contributed by atoms with E-state index < -0.39 is 10.0 Å². The fourth-order valence-corrected chi connectivity index (χ4v) is 2.18. The molecule has 0 atom stereocenters. The summed E-state index contributed by atoms with van der Waals surface area (Å²) in [5.74, 6) is 0.112. The van der Waals surface area contributed by atoms with Gasteiger partial charge in [-0.3, -0.25) is 0 Å². The summed E-state index contributed by atoms with van der Waals surface area (Å²) < 4.78 is 30.3. The minimum Gasteiger partial charge on any atom is -0.508 e. The molecule has 0 spiro atoms. The lowest BCUT2D eigenvalue weighted by molar-refractivity contribution is 0.409. The van der Waals surface area contributed by atoms with E-state index in [0.29, 0.717) is 0 Å². The van der Waals surface area contributed by atoms with Crippen molar-refractivity contribution in [2.75, 3.05) is 0 Å². The lowest BCUT2D eigenvalue weighted by Crippen LogP contribution is -2.23. The van der Waals surface area contributed by atoms with Crippen LogP contribution in [0.15, 0.2) is 40.1 Å². The topological polar surface area (TPSA) is 105 Å². The second-order valence-electron chi connectivity index (χ2n) is 3.17. The fraction of sp³-hybridized carbons (Fsp3) is 0.111. The van der Waals surface area contributed by atoms with Gasteiger partial charge in [-0.1, -0.05) is 11.2 Å². The molecule has 0 radical (unpaired) electrons. The lowest BCUT2D eigenvalue weighted by atomic mass is 10.3. The molecule has 1 aromatic carbocycles. The first-order chi connectivity index (χ1) is 8.08. The first-order valence-corrected chi connectivity index (χ1v) is 6.10. The maximum absolute atomic E-state index is 11.8. The number of nitrogens with one attached hydrogen (secondary N) is 1. The van der Waals surface area contributed by atoms with E-state index >= 15 is 0 Å². The van der Waals surface area contributed by atoms with Crippen molar-refractivity contribution in [3.8, 4) is 5.75 Å². The van der Waals surface area contributed by atoms with Gasteiger partial charge in [0.15, 0.2) is 5.82 Å². The summed E-state index contributed by atoms with van der Waals surface area (Å²) in [5, 5.41) is 12.7. The molecule has 90 valence electrons. The molecule has 0 amide bonds. The molecule has 2 aromatic rings. The third kappa shape index (κ3) is 2.80. The zero-order chi connectivity index (χ0) is 12.3. The number of phenols is 1. The highest BCUT2D eigenvalue weighted by Gasteiger charge is 2.15. The van der Waals surface area contributed by atoms with E-state index in [4.69, 9.17) is 0 Å². The molecule has 8 heteroatoms. The average molecular weight is 255 g/mol. The Balaban J connectivity index is 2.14. The highest BCUT2D eigenvalue weighted by molar-refractivity contribution is 7.89. The van der Waals surface area contributed by atoms with E-state index in [9.17, 15) is 13.5 Å². The van der Waals surface area contributed by atoms with Crippen molar-refractivity contribution in [3.05, 3.63) is 36.5 Å². The second-order valence-corrected chi connectivity index (χ2v) is 4.94. The molecule has 0 bridgehead atoms. The predicted octanol–water partition coefficient (Wildman–Crippen LogP) is 0.254. The van der Waals surface area contributed by atoms with E-state index in [1.807, 2.05) is 0 Å². The third-order valence-electron chi connectivity index (χ3n) is 1.96. The van der Waals surface area contributed by atoms with Crippen molar-refractivity contribution >= 4 is 10.0 Å². The first kappa shape index (κ1) is 11.6. The highest BCUT2D eigenvalue weighted by atomic mass is 32.2. The van der Waals surface area contributed by atoms with Gasteiger partial charge in [-0.25, -0.2) is 13.1 Å². The molecule has 0 saturated heterocycles. The van der Waals surface area contributed by atoms with Crippen molar-refractivity contribution in [1.82, 2.24) is 14.9 Å². The molecule has 17 heavy (non-hydrogen) atoms. The summed E-state index contributed by atoms with van der Waals surface area (Å²) in [6.45, 7) is -0.0749. The number of hydrogen-bond acceptors (Lipinski definition) is 6. The Labute approximate surface area is 97.1 Å². The summed E-state index contributed by atoms with van der Waals surface area (Å²) >= 11 is 0. The smallest absolute Gasteiger partial charge is 0.241 e. The van der Waals surface area contributed by atoms with Crippen LogP contribution in [0.3, 0.4) is 0 Å². The van der Waals surface area contributed by atoms with Gasteiger partial charge in [0.25, 0.3) is 0 Å². The predicted molar refractivity (Wildman–Crippen MR) is 56.4 cm³/mol. The molecular formula is C9H9N3O4S. The molecule has 0 fully saturated rings. The summed E-state index contributed by atoms with van der Waals surface area (Å²) in [6.07, 6.45) is 1.11. The van der Waals surface area contributed by atoms with Gasteiger partial charge in [0.2, 0.25) is 16.4 Å². The maximum atomic E-state index is 11.8. The molecule has 0 aliphatic rings. The number of nitrogens with zero attached hydrogens (tertiary/aromatic N) is 2. The number of rotatable bonds is 4. The second kappa shape index (κ2) is 4.52. The molecular weight excluding hydrogens is 246 g/mol. The summed E-state index contributed by atoms with van der Waals surface area (Å²) in [5.41, 5.74) is 0. The fourth-order valence-electron chi connectivity index (χ4n) is 1.16. The molecule has 1 aromatic heterocycles. The van der Waals surface area contributed by atoms with Crippen LogP contribution in [0.2, 0.25) is 0 Å². The van der Waals surface area contributed by atoms with Crippen LogP contribution in [0.1, 0.15) is 5.82 Å². The van der Waals surface area contributed by atoms with Gasteiger partial charge in [0, 0.05) is 0 Å². The molecule has 0 unspecified atom stereocenters. The Hall–Kier alpha value is -1.93. The normalized spacial score (nSPS) is 11.5.